The zero-order valence-electron chi connectivity index (χ0n) is 20.3. The molecule has 180 valence electrons. The van der Waals surface area contributed by atoms with Crippen molar-refractivity contribution in [3.8, 4) is 5.69 Å². The van der Waals surface area contributed by atoms with Gasteiger partial charge in [-0.05, 0) is 92.9 Å². The van der Waals surface area contributed by atoms with Crippen molar-refractivity contribution in [1.29, 1.82) is 0 Å². The molecule has 1 unspecified atom stereocenters. The topological polar surface area (TPSA) is 56.1 Å². The molecule has 1 aromatic heterocycles. The summed E-state index contributed by atoms with van der Waals surface area (Å²) >= 11 is 0. The van der Waals surface area contributed by atoms with Gasteiger partial charge in [0, 0.05) is 24.4 Å². The van der Waals surface area contributed by atoms with E-state index in [1.54, 1.807) is 12.1 Å². The van der Waals surface area contributed by atoms with Gasteiger partial charge >= 0.3 is 5.97 Å². The van der Waals surface area contributed by atoms with Gasteiger partial charge in [-0.15, -0.1) is 0 Å². The number of halogens is 1. The Morgan fingerprint density at radius 1 is 1.15 bits per heavy atom. The van der Waals surface area contributed by atoms with Crippen LogP contribution in [0.4, 0.5) is 10.2 Å². The highest BCUT2D eigenvalue weighted by Gasteiger charge is 2.56. The fourth-order valence-electron chi connectivity index (χ4n) is 7.77. The molecule has 0 amide bonds. The van der Waals surface area contributed by atoms with Crippen molar-refractivity contribution in [2.24, 2.45) is 23.2 Å². The van der Waals surface area contributed by atoms with Crippen LogP contribution in [-0.4, -0.2) is 27.4 Å². The Hall–Kier alpha value is -2.63. The first-order chi connectivity index (χ1) is 16.3. The predicted molar refractivity (Wildman–Crippen MR) is 129 cm³/mol. The number of aromatic nitrogens is 2. The molecule has 2 fully saturated rings. The molecule has 2 saturated carbocycles. The molecule has 6 atom stereocenters. The number of nitrogens with one attached hydrogen (secondary N) is 1. The lowest BCUT2D eigenvalue weighted by Crippen LogP contribution is -2.58. The fraction of sp³-hybridized carbons (Fsp3) is 0.571. The Labute approximate surface area is 200 Å². The number of hydrogen-bond acceptors (Lipinski definition) is 4. The van der Waals surface area contributed by atoms with E-state index in [1.807, 2.05) is 10.9 Å². The summed E-state index contributed by atoms with van der Waals surface area (Å²) in [4.78, 5) is 11.5. The van der Waals surface area contributed by atoms with E-state index in [4.69, 9.17) is 4.74 Å². The van der Waals surface area contributed by atoms with Crippen LogP contribution < -0.4 is 5.32 Å². The molecule has 0 spiro atoms. The highest BCUT2D eigenvalue weighted by molar-refractivity contribution is 5.66. The van der Waals surface area contributed by atoms with Crippen LogP contribution in [0.5, 0.6) is 0 Å². The molecule has 1 N–H and O–H groups in total. The smallest absolute Gasteiger partial charge is 0.302 e. The first-order valence-corrected chi connectivity index (χ1v) is 12.7. The van der Waals surface area contributed by atoms with Gasteiger partial charge in [0.2, 0.25) is 0 Å². The van der Waals surface area contributed by atoms with Crippen molar-refractivity contribution in [2.75, 3.05) is 5.32 Å². The summed E-state index contributed by atoms with van der Waals surface area (Å²) in [6.45, 7) is 6.37. The summed E-state index contributed by atoms with van der Waals surface area (Å²) in [5.74, 6) is 2.51. The molecular formula is C28H34FN3O2. The molecule has 1 aliphatic heterocycles. The number of allylic oxidation sites excluding steroid dienone is 1. The van der Waals surface area contributed by atoms with Gasteiger partial charge in [-0.2, -0.15) is 5.10 Å². The molecule has 5 nitrogen and oxygen atoms in total. The number of benzene rings is 1. The van der Waals surface area contributed by atoms with Crippen LogP contribution in [0.2, 0.25) is 0 Å². The zero-order valence-corrected chi connectivity index (χ0v) is 20.3. The Kier molecular flexibility index (Phi) is 4.95. The molecule has 2 heterocycles. The summed E-state index contributed by atoms with van der Waals surface area (Å²) in [7, 11) is 0. The first kappa shape index (κ1) is 21.9. The van der Waals surface area contributed by atoms with E-state index >= 15 is 0 Å². The van der Waals surface area contributed by atoms with Crippen LogP contribution >= 0.6 is 0 Å². The van der Waals surface area contributed by atoms with E-state index in [0.717, 1.165) is 50.0 Å². The number of nitrogens with zero attached hydrogens (tertiary/aromatic N) is 2. The van der Waals surface area contributed by atoms with Gasteiger partial charge in [0.1, 0.15) is 17.7 Å². The molecule has 6 heteroatoms. The normalized spacial score (nSPS) is 36.2. The number of esters is 1. The second kappa shape index (κ2) is 7.69. The first-order valence-electron chi connectivity index (χ1n) is 12.7. The summed E-state index contributed by atoms with van der Waals surface area (Å²) in [5.41, 5.74) is 3.88. The second-order valence-electron chi connectivity index (χ2n) is 11.4. The largest absolute Gasteiger partial charge is 0.462 e. The van der Waals surface area contributed by atoms with Gasteiger partial charge in [0.25, 0.3) is 0 Å². The third-order valence-electron chi connectivity index (χ3n) is 9.54. The van der Waals surface area contributed by atoms with E-state index in [9.17, 15) is 9.18 Å². The SMILES string of the molecule is CC(=O)OC1CC[C@@]2(C)C(=CC[C@@H]3[C@@H]2CC[C@]2(C)Nc4c(cnn4-c4ccc(F)cc4)C[C@@H]32)C1. The van der Waals surface area contributed by atoms with Gasteiger partial charge in [-0.3, -0.25) is 4.79 Å². The van der Waals surface area contributed by atoms with Crippen molar-refractivity contribution >= 4 is 11.8 Å². The minimum atomic E-state index is -0.233. The van der Waals surface area contributed by atoms with E-state index < -0.39 is 0 Å². The number of anilines is 1. The fourth-order valence-corrected chi connectivity index (χ4v) is 7.77. The van der Waals surface area contributed by atoms with E-state index in [-0.39, 0.29) is 28.8 Å². The van der Waals surface area contributed by atoms with Gasteiger partial charge in [0.05, 0.1) is 11.9 Å². The minimum absolute atomic E-state index is 0.0165. The number of carbonyl (C=O) groups is 1. The monoisotopic (exact) mass is 463 g/mol. The summed E-state index contributed by atoms with van der Waals surface area (Å²) in [5, 5.41) is 8.59. The maximum atomic E-state index is 13.5. The third-order valence-corrected chi connectivity index (χ3v) is 9.54. The van der Waals surface area contributed by atoms with Crippen molar-refractivity contribution in [3.05, 3.63) is 53.5 Å². The van der Waals surface area contributed by atoms with Crippen LogP contribution in [0.3, 0.4) is 0 Å². The molecule has 2 aromatic rings. The summed E-state index contributed by atoms with van der Waals surface area (Å²) < 4.78 is 21.0. The lowest BCUT2D eigenvalue weighted by atomic mass is 9.48. The molecule has 3 aliphatic carbocycles. The Bertz CT molecular complexity index is 1150. The lowest BCUT2D eigenvalue weighted by Gasteiger charge is -2.60. The number of fused-ring (bicyclic) bond motifs is 6. The minimum Gasteiger partial charge on any atom is -0.462 e. The Balaban J connectivity index is 1.29. The zero-order chi connectivity index (χ0) is 23.7. The third kappa shape index (κ3) is 3.32. The highest BCUT2D eigenvalue weighted by atomic mass is 19.1. The van der Waals surface area contributed by atoms with Crippen LogP contribution in [0, 0.1) is 29.0 Å². The van der Waals surface area contributed by atoms with Gasteiger partial charge in [0.15, 0.2) is 0 Å². The summed E-state index contributed by atoms with van der Waals surface area (Å²) in [6, 6.07) is 6.56. The number of carbonyl (C=O) groups excluding carboxylic acids is 1. The average Bonchev–Trinajstić information content (AvgIpc) is 3.19. The maximum absolute atomic E-state index is 13.5. The predicted octanol–water partition coefficient (Wildman–Crippen LogP) is 5.83. The van der Waals surface area contributed by atoms with Crippen molar-refractivity contribution in [1.82, 2.24) is 9.78 Å². The molecule has 0 bridgehead atoms. The summed E-state index contributed by atoms with van der Waals surface area (Å²) in [6.07, 6.45) is 11.9. The van der Waals surface area contributed by atoms with E-state index in [1.165, 1.54) is 36.6 Å². The number of rotatable bonds is 2. The number of hydrogen-bond donors (Lipinski definition) is 1. The highest BCUT2D eigenvalue weighted by Crippen LogP contribution is 2.61. The Morgan fingerprint density at radius 2 is 1.94 bits per heavy atom. The van der Waals surface area contributed by atoms with Crippen LogP contribution in [0.1, 0.15) is 64.9 Å². The van der Waals surface area contributed by atoms with Crippen molar-refractivity contribution < 1.29 is 13.9 Å². The van der Waals surface area contributed by atoms with Crippen molar-refractivity contribution in [3.63, 3.8) is 0 Å². The van der Waals surface area contributed by atoms with Crippen molar-refractivity contribution in [2.45, 2.75) is 77.4 Å². The molecule has 0 saturated heterocycles. The molecule has 6 rings (SSSR count). The molecule has 0 radical (unpaired) electrons. The van der Waals surface area contributed by atoms with E-state index in [0.29, 0.717) is 17.8 Å². The Morgan fingerprint density at radius 3 is 2.71 bits per heavy atom. The van der Waals surface area contributed by atoms with Gasteiger partial charge < -0.3 is 10.1 Å². The number of ether oxygens (including phenoxy) is 1. The van der Waals surface area contributed by atoms with Crippen LogP contribution in [-0.2, 0) is 16.0 Å². The van der Waals surface area contributed by atoms with Crippen LogP contribution in [0.25, 0.3) is 5.69 Å². The van der Waals surface area contributed by atoms with Gasteiger partial charge in [-0.1, -0.05) is 18.6 Å². The van der Waals surface area contributed by atoms with Crippen LogP contribution in [0.15, 0.2) is 42.1 Å². The molecular weight excluding hydrogens is 429 g/mol. The average molecular weight is 464 g/mol. The van der Waals surface area contributed by atoms with Gasteiger partial charge in [-0.25, -0.2) is 9.07 Å². The second-order valence-corrected chi connectivity index (χ2v) is 11.4. The lowest BCUT2D eigenvalue weighted by molar-refractivity contribution is -0.148. The standard InChI is InChI=1S/C28H34FN3O2/c1-17(33)34-22-10-12-27(2)19(15-22)4-9-23-24(27)11-13-28(3)25(23)14-18-16-30-32(26(18)31-28)21-7-5-20(29)6-8-21/h4-8,16,22-25,31H,9-15H2,1-3H3/t22?,23-,24+,25+,27+,28+/m1/s1. The maximum Gasteiger partial charge on any atom is 0.302 e. The quantitative estimate of drug-likeness (QED) is 0.450. The molecule has 34 heavy (non-hydrogen) atoms. The van der Waals surface area contributed by atoms with E-state index in [2.05, 4.69) is 30.3 Å². The molecule has 4 aliphatic rings. The molecule has 1 aromatic carbocycles.